The van der Waals surface area contributed by atoms with Crippen LogP contribution in [0.3, 0.4) is 0 Å². The van der Waals surface area contributed by atoms with Crippen molar-refractivity contribution in [2.24, 2.45) is 7.05 Å². The Hall–Kier alpha value is -3.37. The van der Waals surface area contributed by atoms with E-state index in [1.807, 2.05) is 17.7 Å². The minimum Gasteiger partial charge on any atom is -0.334 e. The molecule has 3 aromatic rings. The number of benzene rings is 1. The average molecular weight is 379 g/mol. The smallest absolute Gasteiger partial charge is 0.334 e. The Morgan fingerprint density at radius 1 is 1.33 bits per heavy atom. The van der Waals surface area contributed by atoms with Crippen molar-refractivity contribution in [1.82, 2.24) is 30.0 Å². The molecule has 1 aromatic carbocycles. The highest BCUT2D eigenvalue weighted by molar-refractivity contribution is 5.90. The van der Waals surface area contributed by atoms with Crippen LogP contribution < -0.4 is 10.6 Å². The Bertz CT molecular complexity index is 947. The number of hydrogen-bond donors (Lipinski definition) is 3. The zero-order valence-electron chi connectivity index (χ0n) is 14.4. The molecule has 0 bridgehead atoms. The maximum Gasteiger partial charge on any atom is 0.453 e. The van der Waals surface area contributed by atoms with Crippen LogP contribution in [0.25, 0.3) is 11.4 Å². The molecule has 0 saturated heterocycles. The SMILES string of the molecule is CC(NC(=O)Nc1cccc(-c2nccn2C)c1)c1nc(C(F)(F)F)n[nH]1. The van der Waals surface area contributed by atoms with E-state index in [1.54, 1.807) is 30.6 Å². The third-order valence-electron chi connectivity index (χ3n) is 3.71. The van der Waals surface area contributed by atoms with E-state index in [1.165, 1.54) is 6.92 Å². The van der Waals surface area contributed by atoms with E-state index in [0.29, 0.717) is 5.69 Å². The molecule has 11 heteroatoms. The van der Waals surface area contributed by atoms with Gasteiger partial charge in [-0.25, -0.2) is 14.8 Å². The maximum atomic E-state index is 12.5. The molecule has 0 aliphatic heterocycles. The first-order valence-electron chi connectivity index (χ1n) is 7.89. The van der Waals surface area contributed by atoms with Gasteiger partial charge in [-0.3, -0.25) is 5.10 Å². The summed E-state index contributed by atoms with van der Waals surface area (Å²) in [5.41, 5.74) is 1.31. The number of aromatic amines is 1. The van der Waals surface area contributed by atoms with Crippen molar-refractivity contribution in [3.05, 3.63) is 48.3 Å². The van der Waals surface area contributed by atoms with Gasteiger partial charge >= 0.3 is 12.2 Å². The van der Waals surface area contributed by atoms with Crippen molar-refractivity contribution >= 4 is 11.7 Å². The van der Waals surface area contributed by atoms with Crippen molar-refractivity contribution in [2.75, 3.05) is 5.32 Å². The lowest BCUT2D eigenvalue weighted by atomic mass is 10.2. The molecule has 142 valence electrons. The molecule has 0 fully saturated rings. The zero-order chi connectivity index (χ0) is 19.6. The molecule has 2 aromatic heterocycles. The van der Waals surface area contributed by atoms with E-state index in [2.05, 4.69) is 30.8 Å². The van der Waals surface area contributed by atoms with E-state index in [-0.39, 0.29) is 5.82 Å². The van der Waals surface area contributed by atoms with Crippen LogP contribution >= 0.6 is 0 Å². The zero-order valence-corrected chi connectivity index (χ0v) is 14.4. The van der Waals surface area contributed by atoms with Gasteiger partial charge in [0, 0.05) is 30.7 Å². The van der Waals surface area contributed by atoms with Gasteiger partial charge in [-0.05, 0) is 19.1 Å². The van der Waals surface area contributed by atoms with Crippen LogP contribution in [-0.4, -0.2) is 30.8 Å². The molecule has 2 amide bonds. The first-order valence-corrected chi connectivity index (χ1v) is 7.89. The topological polar surface area (TPSA) is 101 Å². The Balaban J connectivity index is 1.66. The van der Waals surface area contributed by atoms with Gasteiger partial charge in [-0.2, -0.15) is 13.2 Å². The van der Waals surface area contributed by atoms with Crippen LogP contribution in [0, 0.1) is 0 Å². The fraction of sp³-hybridized carbons (Fsp3) is 0.250. The number of hydrogen-bond acceptors (Lipinski definition) is 4. The second-order valence-corrected chi connectivity index (χ2v) is 5.80. The first-order chi connectivity index (χ1) is 12.7. The second kappa shape index (κ2) is 7.09. The lowest BCUT2D eigenvalue weighted by Gasteiger charge is -2.13. The Kier molecular flexibility index (Phi) is 4.84. The number of carbonyl (C=O) groups excluding carboxylic acids is 1. The molecule has 2 heterocycles. The van der Waals surface area contributed by atoms with Gasteiger partial charge in [-0.15, -0.1) is 5.10 Å². The third-order valence-corrected chi connectivity index (χ3v) is 3.71. The van der Waals surface area contributed by atoms with Crippen molar-refractivity contribution in [3.63, 3.8) is 0 Å². The van der Waals surface area contributed by atoms with Crippen LogP contribution in [-0.2, 0) is 13.2 Å². The standard InChI is InChI=1S/C16H16F3N7O/c1-9(12-23-14(25-24-12)16(17,18)19)21-15(27)22-11-5-3-4-10(8-11)13-20-6-7-26(13)2/h3-9H,1-2H3,(H2,21,22,27)(H,23,24,25). The monoisotopic (exact) mass is 379 g/mol. The number of aromatic nitrogens is 5. The van der Waals surface area contributed by atoms with Crippen LogP contribution in [0.5, 0.6) is 0 Å². The molecule has 0 radical (unpaired) electrons. The highest BCUT2D eigenvalue weighted by atomic mass is 19.4. The van der Waals surface area contributed by atoms with Crippen molar-refractivity contribution in [3.8, 4) is 11.4 Å². The predicted octanol–water partition coefficient (Wildman–Crippen LogP) is 3.11. The highest BCUT2D eigenvalue weighted by Gasteiger charge is 2.36. The van der Waals surface area contributed by atoms with E-state index in [4.69, 9.17) is 0 Å². The largest absolute Gasteiger partial charge is 0.453 e. The Morgan fingerprint density at radius 2 is 2.11 bits per heavy atom. The third kappa shape index (κ3) is 4.25. The lowest BCUT2D eigenvalue weighted by molar-refractivity contribution is -0.144. The van der Waals surface area contributed by atoms with E-state index in [9.17, 15) is 18.0 Å². The van der Waals surface area contributed by atoms with Gasteiger partial charge in [-0.1, -0.05) is 12.1 Å². The van der Waals surface area contributed by atoms with Crippen LogP contribution in [0.15, 0.2) is 36.7 Å². The molecule has 27 heavy (non-hydrogen) atoms. The van der Waals surface area contributed by atoms with Gasteiger partial charge in [0.25, 0.3) is 5.82 Å². The number of amides is 2. The molecular formula is C16H16F3N7O. The van der Waals surface area contributed by atoms with Gasteiger partial charge in [0.05, 0.1) is 6.04 Å². The quantitative estimate of drug-likeness (QED) is 0.648. The molecule has 0 spiro atoms. The van der Waals surface area contributed by atoms with Gasteiger partial charge in [0.2, 0.25) is 0 Å². The number of carbonyl (C=O) groups is 1. The molecule has 0 aliphatic rings. The summed E-state index contributed by atoms with van der Waals surface area (Å²) in [7, 11) is 1.85. The van der Waals surface area contributed by atoms with Crippen LogP contribution in [0.2, 0.25) is 0 Å². The maximum absolute atomic E-state index is 12.5. The number of urea groups is 1. The minimum absolute atomic E-state index is 0.0979. The number of nitrogens with zero attached hydrogens (tertiary/aromatic N) is 4. The summed E-state index contributed by atoms with van der Waals surface area (Å²) in [5, 5.41) is 10.4. The van der Waals surface area contributed by atoms with Gasteiger partial charge < -0.3 is 15.2 Å². The summed E-state index contributed by atoms with van der Waals surface area (Å²) >= 11 is 0. The van der Waals surface area contributed by atoms with E-state index in [0.717, 1.165) is 11.4 Å². The highest BCUT2D eigenvalue weighted by Crippen LogP contribution is 2.26. The lowest BCUT2D eigenvalue weighted by Crippen LogP contribution is -2.31. The summed E-state index contributed by atoms with van der Waals surface area (Å²) < 4.78 is 39.5. The number of nitrogens with one attached hydrogen (secondary N) is 3. The number of H-pyrrole nitrogens is 1. The fourth-order valence-electron chi connectivity index (χ4n) is 2.41. The number of aryl methyl sites for hydroxylation is 1. The van der Waals surface area contributed by atoms with Crippen molar-refractivity contribution in [2.45, 2.75) is 19.1 Å². The van der Waals surface area contributed by atoms with Crippen molar-refractivity contribution in [1.29, 1.82) is 0 Å². The summed E-state index contributed by atoms with van der Waals surface area (Å²) in [6.07, 6.45) is -1.19. The second-order valence-electron chi connectivity index (χ2n) is 5.80. The number of anilines is 1. The van der Waals surface area contributed by atoms with Gasteiger partial charge in [0.15, 0.2) is 0 Å². The number of imidazole rings is 1. The minimum atomic E-state index is -4.65. The molecule has 3 N–H and O–H groups in total. The molecule has 3 rings (SSSR count). The number of alkyl halides is 3. The number of rotatable bonds is 4. The molecule has 1 unspecified atom stereocenters. The summed E-state index contributed by atoms with van der Waals surface area (Å²) in [6.45, 7) is 1.49. The summed E-state index contributed by atoms with van der Waals surface area (Å²) in [4.78, 5) is 19.7. The summed E-state index contributed by atoms with van der Waals surface area (Å²) in [5.74, 6) is -0.651. The van der Waals surface area contributed by atoms with Crippen LogP contribution in [0.1, 0.15) is 24.6 Å². The normalized spacial score (nSPS) is 12.6. The van der Waals surface area contributed by atoms with Crippen LogP contribution in [0.4, 0.5) is 23.7 Å². The first kappa shape index (κ1) is 18.4. The number of halogens is 3. The predicted molar refractivity (Wildman–Crippen MR) is 90.6 cm³/mol. The average Bonchev–Trinajstić information content (AvgIpc) is 3.23. The molecule has 0 aliphatic carbocycles. The Morgan fingerprint density at radius 3 is 2.74 bits per heavy atom. The summed E-state index contributed by atoms with van der Waals surface area (Å²) in [6, 6.07) is 5.64. The molecule has 0 saturated carbocycles. The fourth-order valence-corrected chi connectivity index (χ4v) is 2.41. The van der Waals surface area contributed by atoms with Crippen molar-refractivity contribution < 1.29 is 18.0 Å². The van der Waals surface area contributed by atoms with E-state index >= 15 is 0 Å². The molecule has 1 atom stereocenters. The Labute approximate surface area is 151 Å². The van der Waals surface area contributed by atoms with E-state index < -0.39 is 24.1 Å². The molecular weight excluding hydrogens is 363 g/mol. The van der Waals surface area contributed by atoms with Gasteiger partial charge in [0.1, 0.15) is 11.6 Å². The molecule has 8 nitrogen and oxygen atoms in total.